The lowest BCUT2D eigenvalue weighted by Gasteiger charge is -2.25. The highest BCUT2D eigenvalue weighted by atomic mass is 32.2. The van der Waals surface area contributed by atoms with Gasteiger partial charge in [-0.15, -0.1) is 0 Å². The minimum absolute atomic E-state index is 0.00668. The number of hydrogen-bond acceptors (Lipinski definition) is 7. The van der Waals surface area contributed by atoms with Crippen molar-refractivity contribution < 1.29 is 27.8 Å². The molecule has 0 aromatic heterocycles. The second-order valence-electron chi connectivity index (χ2n) is 5.62. The van der Waals surface area contributed by atoms with E-state index in [2.05, 4.69) is 0 Å². The number of likely N-dealkylation sites (N-methyl/N-ethyl adjacent to an activating group) is 1. The Morgan fingerprint density at radius 2 is 1.91 bits per heavy atom. The molecule has 1 aromatic rings. The predicted molar refractivity (Wildman–Crippen MR) is 85.0 cm³/mol. The lowest BCUT2D eigenvalue weighted by Crippen LogP contribution is -2.43. The number of benzene rings is 1. The Balaban J connectivity index is 2.10. The third-order valence-electron chi connectivity index (χ3n) is 3.96. The van der Waals surface area contributed by atoms with Crippen molar-refractivity contribution in [2.45, 2.75) is 12.1 Å². The van der Waals surface area contributed by atoms with E-state index in [0.29, 0.717) is 17.1 Å². The van der Waals surface area contributed by atoms with Crippen molar-refractivity contribution >= 4 is 15.6 Å². The number of rotatable bonds is 6. The van der Waals surface area contributed by atoms with Crippen LogP contribution in [0.4, 0.5) is 0 Å². The zero-order chi connectivity index (χ0) is 17.2. The summed E-state index contributed by atoms with van der Waals surface area (Å²) < 4.78 is 33.4. The Bertz CT molecular complexity index is 687. The zero-order valence-electron chi connectivity index (χ0n) is 13.4. The maximum atomic E-state index is 12.4. The van der Waals surface area contributed by atoms with Gasteiger partial charge in [0.2, 0.25) is 0 Å². The molecule has 2 atom stereocenters. The van der Waals surface area contributed by atoms with Crippen LogP contribution in [0.15, 0.2) is 18.2 Å². The van der Waals surface area contributed by atoms with E-state index in [1.165, 1.54) is 14.2 Å². The van der Waals surface area contributed by atoms with Crippen molar-refractivity contribution in [1.29, 1.82) is 0 Å². The fourth-order valence-electron chi connectivity index (χ4n) is 2.68. The molecule has 8 heteroatoms. The van der Waals surface area contributed by atoms with Crippen LogP contribution in [0, 0.1) is 0 Å². The fourth-order valence-corrected chi connectivity index (χ4v) is 4.55. The van der Waals surface area contributed by atoms with Gasteiger partial charge in [0.1, 0.15) is 0 Å². The first-order chi connectivity index (χ1) is 10.8. The number of Topliss-reactive ketones (excluding diaryl/α,β-unsaturated/α-hetero) is 1. The summed E-state index contributed by atoms with van der Waals surface area (Å²) in [6, 6.07) is 4.28. The number of carbonyl (C=O) groups is 1. The molecule has 1 aromatic carbocycles. The molecule has 1 fully saturated rings. The molecule has 1 aliphatic heterocycles. The predicted octanol–water partition coefficient (Wildman–Crippen LogP) is -0.0238. The third kappa shape index (κ3) is 4.01. The van der Waals surface area contributed by atoms with Crippen LogP contribution in [-0.4, -0.2) is 75.7 Å². The minimum Gasteiger partial charge on any atom is -0.493 e. The lowest BCUT2D eigenvalue weighted by atomic mass is 10.1. The van der Waals surface area contributed by atoms with Crippen LogP contribution < -0.4 is 9.47 Å². The van der Waals surface area contributed by atoms with E-state index in [9.17, 15) is 18.3 Å². The van der Waals surface area contributed by atoms with E-state index in [0.717, 1.165) is 0 Å². The number of ketones is 1. The summed E-state index contributed by atoms with van der Waals surface area (Å²) in [6.45, 7) is 0.00668. The van der Waals surface area contributed by atoms with E-state index in [-0.39, 0.29) is 23.8 Å². The van der Waals surface area contributed by atoms with Gasteiger partial charge in [0.05, 0.1) is 44.4 Å². The van der Waals surface area contributed by atoms with Gasteiger partial charge >= 0.3 is 0 Å². The Labute approximate surface area is 135 Å². The number of ether oxygens (including phenoxy) is 2. The molecule has 7 nitrogen and oxygen atoms in total. The summed E-state index contributed by atoms with van der Waals surface area (Å²) in [7, 11) is 1.38. The smallest absolute Gasteiger partial charge is 0.176 e. The largest absolute Gasteiger partial charge is 0.493 e. The van der Waals surface area contributed by atoms with Crippen LogP contribution in [-0.2, 0) is 9.84 Å². The van der Waals surface area contributed by atoms with E-state index in [1.54, 1.807) is 30.1 Å². The van der Waals surface area contributed by atoms with Crippen LogP contribution in [0.1, 0.15) is 10.4 Å². The van der Waals surface area contributed by atoms with Gasteiger partial charge < -0.3 is 14.6 Å². The number of nitrogens with zero attached hydrogens (tertiary/aromatic N) is 1. The van der Waals surface area contributed by atoms with Gasteiger partial charge in [-0.1, -0.05) is 0 Å². The van der Waals surface area contributed by atoms with Gasteiger partial charge in [-0.25, -0.2) is 8.42 Å². The highest BCUT2D eigenvalue weighted by Gasteiger charge is 2.39. The first kappa shape index (κ1) is 17.7. The molecule has 0 bridgehead atoms. The molecular weight excluding hydrogens is 322 g/mol. The first-order valence-corrected chi connectivity index (χ1v) is 8.93. The van der Waals surface area contributed by atoms with Crippen molar-refractivity contribution in [3.63, 3.8) is 0 Å². The molecule has 1 N–H and O–H groups in total. The topological polar surface area (TPSA) is 93.1 Å². The van der Waals surface area contributed by atoms with Crippen molar-refractivity contribution in [2.75, 3.05) is 39.3 Å². The van der Waals surface area contributed by atoms with Gasteiger partial charge in [0.25, 0.3) is 0 Å². The van der Waals surface area contributed by atoms with E-state index < -0.39 is 22.0 Å². The van der Waals surface area contributed by atoms with Gasteiger partial charge in [0.15, 0.2) is 27.1 Å². The van der Waals surface area contributed by atoms with E-state index in [4.69, 9.17) is 9.47 Å². The number of methoxy groups -OCH3 is 2. The molecule has 0 unspecified atom stereocenters. The van der Waals surface area contributed by atoms with Crippen molar-refractivity contribution in [3.8, 4) is 11.5 Å². The monoisotopic (exact) mass is 343 g/mol. The second-order valence-corrected chi connectivity index (χ2v) is 7.77. The third-order valence-corrected chi connectivity index (χ3v) is 5.66. The van der Waals surface area contributed by atoms with Gasteiger partial charge in [0, 0.05) is 5.56 Å². The minimum atomic E-state index is -3.25. The summed E-state index contributed by atoms with van der Waals surface area (Å²) in [5.41, 5.74) is 0.435. The average Bonchev–Trinajstić information content (AvgIpc) is 2.79. The molecule has 1 saturated heterocycles. The highest BCUT2D eigenvalue weighted by molar-refractivity contribution is 7.91. The van der Waals surface area contributed by atoms with Crippen molar-refractivity contribution in [2.24, 2.45) is 0 Å². The highest BCUT2D eigenvalue weighted by Crippen LogP contribution is 2.28. The van der Waals surface area contributed by atoms with Crippen LogP contribution in [0.3, 0.4) is 0 Å². The SMILES string of the molecule is COc1ccc(C(=O)CN(C)[C@H]2CS(=O)(=O)C[C@H]2O)cc1OC. The first-order valence-electron chi connectivity index (χ1n) is 7.11. The van der Waals surface area contributed by atoms with Crippen LogP contribution >= 0.6 is 0 Å². The van der Waals surface area contributed by atoms with Crippen LogP contribution in [0.25, 0.3) is 0 Å². The number of hydrogen-bond donors (Lipinski definition) is 1. The molecule has 0 radical (unpaired) electrons. The summed E-state index contributed by atoms with van der Waals surface area (Å²) in [5, 5.41) is 9.86. The zero-order valence-corrected chi connectivity index (χ0v) is 14.2. The lowest BCUT2D eigenvalue weighted by molar-refractivity contribution is 0.0789. The molecule has 1 heterocycles. The quantitative estimate of drug-likeness (QED) is 0.725. The molecule has 0 aliphatic carbocycles. The molecule has 128 valence electrons. The Morgan fingerprint density at radius 1 is 1.26 bits per heavy atom. The molecule has 1 aliphatic rings. The van der Waals surface area contributed by atoms with Gasteiger partial charge in [-0.05, 0) is 25.2 Å². The fraction of sp³-hybridized carbons (Fsp3) is 0.533. The average molecular weight is 343 g/mol. The normalized spacial score (nSPS) is 23.0. The number of sulfone groups is 1. The molecule has 0 saturated carbocycles. The standard InChI is InChI=1S/C15H21NO6S/c1-16(11-8-23(19,20)9-13(11)18)7-12(17)10-4-5-14(21-2)15(6-10)22-3/h4-6,11,13,18H,7-9H2,1-3H3/t11-,13+/m0/s1. The molecule has 23 heavy (non-hydrogen) atoms. The molecule has 0 amide bonds. The van der Waals surface area contributed by atoms with Gasteiger partial charge in [-0.2, -0.15) is 0 Å². The Hall–Kier alpha value is -1.64. The summed E-state index contributed by atoms with van der Waals surface area (Å²) >= 11 is 0. The summed E-state index contributed by atoms with van der Waals surface area (Å²) in [5.74, 6) is 0.389. The van der Waals surface area contributed by atoms with Crippen LogP contribution in [0.5, 0.6) is 11.5 Å². The number of carbonyl (C=O) groups excluding carboxylic acids is 1. The number of aliphatic hydroxyl groups excluding tert-OH is 1. The van der Waals surface area contributed by atoms with Crippen molar-refractivity contribution in [3.05, 3.63) is 23.8 Å². The Kier molecular flexibility index (Phi) is 5.28. The van der Waals surface area contributed by atoms with Gasteiger partial charge in [-0.3, -0.25) is 9.69 Å². The summed E-state index contributed by atoms with van der Waals surface area (Å²) in [4.78, 5) is 14.0. The maximum absolute atomic E-state index is 12.4. The second kappa shape index (κ2) is 6.86. The van der Waals surface area contributed by atoms with Crippen LogP contribution in [0.2, 0.25) is 0 Å². The molecular formula is C15H21NO6S. The van der Waals surface area contributed by atoms with E-state index in [1.807, 2.05) is 0 Å². The maximum Gasteiger partial charge on any atom is 0.176 e. The Morgan fingerprint density at radius 3 is 2.43 bits per heavy atom. The summed E-state index contributed by atoms with van der Waals surface area (Å²) in [6.07, 6.45) is -0.969. The van der Waals surface area contributed by atoms with Crippen molar-refractivity contribution in [1.82, 2.24) is 4.90 Å². The number of aliphatic hydroxyl groups is 1. The molecule has 2 rings (SSSR count). The molecule has 0 spiro atoms. The van der Waals surface area contributed by atoms with E-state index >= 15 is 0 Å².